The van der Waals surface area contributed by atoms with Crippen molar-refractivity contribution in [3.63, 3.8) is 0 Å². The summed E-state index contributed by atoms with van der Waals surface area (Å²) in [7, 11) is 0. The maximum atomic E-state index is 10.3. The molecule has 0 aromatic rings. The monoisotopic (exact) mass is 205 g/mol. The molecule has 5 heteroatoms. The summed E-state index contributed by atoms with van der Waals surface area (Å²) in [6.07, 6.45) is -0.0954. The minimum Gasteiger partial charge on any atom is -0.481 e. The first kappa shape index (κ1) is 13.4. The zero-order valence-electron chi connectivity index (χ0n) is 8.73. The molecule has 0 rings (SSSR count). The molecule has 0 aromatic heterocycles. The van der Waals surface area contributed by atoms with Crippen LogP contribution < -0.4 is 5.73 Å². The molecule has 14 heavy (non-hydrogen) atoms. The van der Waals surface area contributed by atoms with Crippen LogP contribution in [0, 0.1) is 0 Å². The summed E-state index contributed by atoms with van der Waals surface area (Å²) in [6.45, 7) is 4.70. The first-order valence-electron chi connectivity index (χ1n) is 4.82. The lowest BCUT2D eigenvalue weighted by Crippen LogP contribution is -2.39. The molecule has 0 saturated heterocycles. The predicted molar refractivity (Wildman–Crippen MR) is 51.9 cm³/mol. The lowest BCUT2D eigenvalue weighted by molar-refractivity contribution is -0.151. The Morgan fingerprint density at radius 1 is 1.36 bits per heavy atom. The standard InChI is InChI=1S/C9H19NO4/c1-3-13-9(14-4-2)7(10)5-6-8(11)12/h7,9H,3-6,10H2,1-2H3,(H,11,12)/t7-/m0/s1. The van der Waals surface area contributed by atoms with Gasteiger partial charge in [-0.25, -0.2) is 0 Å². The lowest BCUT2D eigenvalue weighted by atomic mass is 10.1. The lowest BCUT2D eigenvalue weighted by Gasteiger charge is -2.22. The van der Waals surface area contributed by atoms with Gasteiger partial charge in [0.05, 0.1) is 6.04 Å². The largest absolute Gasteiger partial charge is 0.481 e. The second-order valence-electron chi connectivity index (χ2n) is 2.88. The first-order valence-corrected chi connectivity index (χ1v) is 4.82. The third kappa shape index (κ3) is 5.90. The van der Waals surface area contributed by atoms with Crippen LogP contribution in [0.4, 0.5) is 0 Å². The molecule has 0 unspecified atom stereocenters. The van der Waals surface area contributed by atoms with Gasteiger partial charge in [0.15, 0.2) is 6.29 Å². The summed E-state index contributed by atoms with van der Waals surface area (Å²) >= 11 is 0. The average molecular weight is 205 g/mol. The molecule has 0 aliphatic heterocycles. The molecule has 0 aliphatic carbocycles. The van der Waals surface area contributed by atoms with Gasteiger partial charge in [-0.1, -0.05) is 0 Å². The zero-order valence-corrected chi connectivity index (χ0v) is 8.73. The average Bonchev–Trinajstić information content (AvgIpc) is 2.14. The zero-order chi connectivity index (χ0) is 11.0. The number of aliphatic carboxylic acids is 1. The molecule has 1 atom stereocenters. The highest BCUT2D eigenvalue weighted by molar-refractivity contribution is 5.66. The molecule has 0 spiro atoms. The quantitative estimate of drug-likeness (QED) is 0.566. The van der Waals surface area contributed by atoms with E-state index in [9.17, 15) is 4.79 Å². The Balaban J connectivity index is 3.86. The molecular formula is C9H19NO4. The van der Waals surface area contributed by atoms with Crippen LogP contribution in [0.5, 0.6) is 0 Å². The number of hydrogen-bond donors (Lipinski definition) is 2. The maximum absolute atomic E-state index is 10.3. The maximum Gasteiger partial charge on any atom is 0.303 e. The van der Waals surface area contributed by atoms with E-state index in [1.54, 1.807) is 0 Å². The van der Waals surface area contributed by atoms with E-state index in [0.717, 1.165) is 0 Å². The second-order valence-corrected chi connectivity index (χ2v) is 2.88. The number of rotatable bonds is 8. The fourth-order valence-electron chi connectivity index (χ4n) is 1.05. The first-order chi connectivity index (χ1) is 6.61. The van der Waals surface area contributed by atoms with Gasteiger partial charge < -0.3 is 20.3 Å². The fourth-order valence-corrected chi connectivity index (χ4v) is 1.05. The van der Waals surface area contributed by atoms with E-state index in [0.29, 0.717) is 19.6 Å². The van der Waals surface area contributed by atoms with Crippen molar-refractivity contribution in [2.45, 2.75) is 39.0 Å². The Labute approximate surface area is 84.2 Å². The molecule has 0 fully saturated rings. The Hall–Kier alpha value is -0.650. The molecule has 0 amide bonds. The van der Waals surface area contributed by atoms with Crippen molar-refractivity contribution in [1.82, 2.24) is 0 Å². The molecule has 0 heterocycles. The number of carboxylic acid groups (broad SMARTS) is 1. The Morgan fingerprint density at radius 3 is 2.21 bits per heavy atom. The minimum atomic E-state index is -0.854. The van der Waals surface area contributed by atoms with Crippen LogP contribution in [0.25, 0.3) is 0 Å². The molecule has 0 radical (unpaired) electrons. The fraction of sp³-hybridized carbons (Fsp3) is 0.889. The van der Waals surface area contributed by atoms with Crippen LogP contribution in [0.15, 0.2) is 0 Å². The van der Waals surface area contributed by atoms with E-state index in [-0.39, 0.29) is 12.5 Å². The van der Waals surface area contributed by atoms with Gasteiger partial charge in [-0.15, -0.1) is 0 Å². The van der Waals surface area contributed by atoms with Crippen molar-refractivity contribution < 1.29 is 19.4 Å². The highest BCUT2D eigenvalue weighted by Crippen LogP contribution is 2.06. The van der Waals surface area contributed by atoms with Gasteiger partial charge in [-0.2, -0.15) is 0 Å². The van der Waals surface area contributed by atoms with Crippen molar-refractivity contribution >= 4 is 5.97 Å². The van der Waals surface area contributed by atoms with Crippen LogP contribution in [-0.4, -0.2) is 36.6 Å². The van der Waals surface area contributed by atoms with Crippen LogP contribution >= 0.6 is 0 Å². The Bertz CT molecular complexity index is 157. The molecule has 5 nitrogen and oxygen atoms in total. The smallest absolute Gasteiger partial charge is 0.303 e. The van der Waals surface area contributed by atoms with Gasteiger partial charge in [-0.05, 0) is 20.3 Å². The number of nitrogens with two attached hydrogens (primary N) is 1. The van der Waals surface area contributed by atoms with Crippen LogP contribution in [0.2, 0.25) is 0 Å². The van der Waals surface area contributed by atoms with Crippen molar-refractivity contribution in [3.8, 4) is 0 Å². The van der Waals surface area contributed by atoms with Gasteiger partial charge >= 0.3 is 5.97 Å². The summed E-state index contributed by atoms with van der Waals surface area (Å²) in [5.74, 6) is -0.854. The highest BCUT2D eigenvalue weighted by atomic mass is 16.7. The Kier molecular flexibility index (Phi) is 7.37. The number of carbonyl (C=O) groups is 1. The molecule has 3 N–H and O–H groups in total. The van der Waals surface area contributed by atoms with E-state index < -0.39 is 12.3 Å². The van der Waals surface area contributed by atoms with Gasteiger partial charge in [0.25, 0.3) is 0 Å². The summed E-state index contributed by atoms with van der Waals surface area (Å²) in [5.41, 5.74) is 5.73. The molecule has 0 aromatic carbocycles. The van der Waals surface area contributed by atoms with Crippen LogP contribution in [-0.2, 0) is 14.3 Å². The number of hydrogen-bond acceptors (Lipinski definition) is 4. The normalized spacial score (nSPS) is 13.1. The summed E-state index contributed by atoms with van der Waals surface area (Å²) in [5, 5.41) is 8.47. The van der Waals surface area contributed by atoms with Gasteiger partial charge in [-0.3, -0.25) is 4.79 Å². The van der Waals surface area contributed by atoms with Crippen molar-refractivity contribution in [2.24, 2.45) is 5.73 Å². The van der Waals surface area contributed by atoms with Crippen molar-refractivity contribution in [2.75, 3.05) is 13.2 Å². The van der Waals surface area contributed by atoms with Gasteiger partial charge in [0, 0.05) is 19.6 Å². The van der Waals surface area contributed by atoms with E-state index in [1.165, 1.54) is 0 Å². The third-order valence-electron chi connectivity index (χ3n) is 1.70. The number of carboxylic acids is 1. The predicted octanol–water partition coefficient (Wildman–Crippen LogP) is 0.578. The van der Waals surface area contributed by atoms with Crippen LogP contribution in [0.1, 0.15) is 26.7 Å². The minimum absolute atomic E-state index is 0.0395. The van der Waals surface area contributed by atoms with E-state index in [4.69, 9.17) is 20.3 Å². The van der Waals surface area contributed by atoms with E-state index >= 15 is 0 Å². The van der Waals surface area contributed by atoms with Crippen molar-refractivity contribution in [1.29, 1.82) is 0 Å². The molecular weight excluding hydrogens is 186 g/mol. The van der Waals surface area contributed by atoms with Crippen LogP contribution in [0.3, 0.4) is 0 Å². The van der Waals surface area contributed by atoms with Crippen molar-refractivity contribution in [3.05, 3.63) is 0 Å². The van der Waals surface area contributed by atoms with E-state index in [1.807, 2.05) is 13.8 Å². The summed E-state index contributed by atoms with van der Waals surface area (Å²) in [6, 6.07) is -0.383. The summed E-state index contributed by atoms with van der Waals surface area (Å²) in [4.78, 5) is 10.3. The third-order valence-corrected chi connectivity index (χ3v) is 1.70. The molecule has 0 saturated carbocycles. The topological polar surface area (TPSA) is 81.8 Å². The summed E-state index contributed by atoms with van der Waals surface area (Å²) < 4.78 is 10.5. The highest BCUT2D eigenvalue weighted by Gasteiger charge is 2.18. The van der Waals surface area contributed by atoms with E-state index in [2.05, 4.69) is 0 Å². The molecule has 0 aliphatic rings. The van der Waals surface area contributed by atoms with Gasteiger partial charge in [0.1, 0.15) is 0 Å². The molecule has 0 bridgehead atoms. The number of ether oxygens (including phenoxy) is 2. The molecule has 84 valence electrons. The SMILES string of the molecule is CCOC(OCC)[C@@H](N)CCC(=O)O. The Morgan fingerprint density at radius 2 is 1.86 bits per heavy atom. The van der Waals surface area contributed by atoms with Gasteiger partial charge in [0.2, 0.25) is 0 Å². The second kappa shape index (κ2) is 7.73.